The first-order valence-corrected chi connectivity index (χ1v) is 6.33. The molecule has 1 nitrogen and oxygen atoms in total. The van der Waals surface area contributed by atoms with Crippen LogP contribution in [0.3, 0.4) is 0 Å². The first-order valence-electron chi connectivity index (χ1n) is 6.33. The van der Waals surface area contributed by atoms with Crippen LogP contribution in [0.25, 0.3) is 0 Å². The number of hydrogen-bond acceptors (Lipinski definition) is 1. The minimum atomic E-state index is -0.0591. The molecular formula is C14H20FN. The van der Waals surface area contributed by atoms with E-state index in [0.717, 1.165) is 24.9 Å². The van der Waals surface area contributed by atoms with Gasteiger partial charge in [0.05, 0.1) is 0 Å². The van der Waals surface area contributed by atoms with Gasteiger partial charge in [0.15, 0.2) is 0 Å². The summed E-state index contributed by atoms with van der Waals surface area (Å²) in [5.41, 5.74) is 0.855. The molecule has 1 aliphatic rings. The van der Waals surface area contributed by atoms with Crippen LogP contribution in [0.4, 0.5) is 4.39 Å². The summed E-state index contributed by atoms with van der Waals surface area (Å²) in [7, 11) is 0. The molecule has 0 spiro atoms. The summed E-state index contributed by atoms with van der Waals surface area (Å²) in [4.78, 5) is 0. The van der Waals surface area contributed by atoms with Crippen molar-refractivity contribution in [1.82, 2.24) is 5.32 Å². The highest BCUT2D eigenvalue weighted by Crippen LogP contribution is 2.15. The van der Waals surface area contributed by atoms with Crippen molar-refractivity contribution in [3.05, 3.63) is 35.6 Å². The highest BCUT2D eigenvalue weighted by atomic mass is 19.1. The van der Waals surface area contributed by atoms with Crippen LogP contribution in [0, 0.1) is 5.82 Å². The monoisotopic (exact) mass is 221 g/mol. The van der Waals surface area contributed by atoms with Gasteiger partial charge < -0.3 is 5.32 Å². The van der Waals surface area contributed by atoms with Crippen molar-refractivity contribution in [3.8, 4) is 0 Å². The lowest BCUT2D eigenvalue weighted by Gasteiger charge is -2.15. The lowest BCUT2D eigenvalue weighted by molar-refractivity contribution is 0.473. The summed E-state index contributed by atoms with van der Waals surface area (Å²) in [6, 6.07) is 7.70. The Hall–Kier alpha value is -0.890. The molecule has 88 valence electrons. The quantitative estimate of drug-likeness (QED) is 0.826. The van der Waals surface area contributed by atoms with Crippen molar-refractivity contribution in [2.75, 3.05) is 6.54 Å². The Morgan fingerprint density at radius 3 is 2.94 bits per heavy atom. The second-order valence-corrected chi connectivity index (χ2v) is 4.63. The van der Waals surface area contributed by atoms with Crippen LogP contribution in [-0.4, -0.2) is 12.6 Å². The molecule has 1 aromatic rings. The molecule has 0 aliphatic carbocycles. The fourth-order valence-corrected chi connectivity index (χ4v) is 2.38. The topological polar surface area (TPSA) is 12.0 Å². The van der Waals surface area contributed by atoms with Crippen LogP contribution in [0.15, 0.2) is 24.3 Å². The van der Waals surface area contributed by atoms with Gasteiger partial charge in [0.2, 0.25) is 0 Å². The molecule has 0 aromatic heterocycles. The summed E-state index contributed by atoms with van der Waals surface area (Å²) < 4.78 is 13.4. The standard InChI is InChI=1S/C14H20FN/c15-14-8-4-3-6-12(14)9-10-13-7-2-1-5-11-16-13/h3-4,6,8,13,16H,1-2,5,7,9-11H2. The second kappa shape index (κ2) is 6.00. The highest BCUT2D eigenvalue weighted by Gasteiger charge is 2.11. The fraction of sp³-hybridized carbons (Fsp3) is 0.571. The minimum Gasteiger partial charge on any atom is -0.314 e. The van der Waals surface area contributed by atoms with Crippen LogP contribution < -0.4 is 5.32 Å². The average molecular weight is 221 g/mol. The van der Waals surface area contributed by atoms with Crippen molar-refractivity contribution >= 4 is 0 Å². The largest absolute Gasteiger partial charge is 0.314 e. The van der Waals surface area contributed by atoms with Crippen molar-refractivity contribution in [2.45, 2.75) is 44.6 Å². The molecule has 2 heteroatoms. The third-order valence-corrected chi connectivity index (χ3v) is 3.38. The van der Waals surface area contributed by atoms with Crippen LogP contribution >= 0.6 is 0 Å². The van der Waals surface area contributed by atoms with E-state index >= 15 is 0 Å². The van der Waals surface area contributed by atoms with Gasteiger partial charge in [-0.25, -0.2) is 4.39 Å². The third kappa shape index (κ3) is 3.31. The molecule has 1 aromatic carbocycles. The van der Waals surface area contributed by atoms with Gasteiger partial charge in [0.25, 0.3) is 0 Å². The molecule has 16 heavy (non-hydrogen) atoms. The van der Waals surface area contributed by atoms with Crippen molar-refractivity contribution < 1.29 is 4.39 Å². The average Bonchev–Trinajstić information content (AvgIpc) is 2.56. The first-order chi connectivity index (χ1) is 7.86. The van der Waals surface area contributed by atoms with Gasteiger partial charge in [-0.2, -0.15) is 0 Å². The molecule has 1 unspecified atom stereocenters. The van der Waals surface area contributed by atoms with E-state index < -0.39 is 0 Å². The first kappa shape index (κ1) is 11.6. The zero-order valence-corrected chi connectivity index (χ0v) is 9.71. The molecule has 1 N–H and O–H groups in total. The molecule has 1 fully saturated rings. The van der Waals surface area contributed by atoms with Gasteiger partial charge in [0, 0.05) is 6.04 Å². The number of halogens is 1. The molecule has 1 heterocycles. The van der Waals surface area contributed by atoms with Crippen molar-refractivity contribution in [2.24, 2.45) is 0 Å². The highest BCUT2D eigenvalue weighted by molar-refractivity contribution is 5.17. The smallest absolute Gasteiger partial charge is 0.126 e. The van der Waals surface area contributed by atoms with E-state index in [1.165, 1.54) is 25.7 Å². The van der Waals surface area contributed by atoms with Crippen LogP contribution in [-0.2, 0) is 6.42 Å². The molecule has 0 amide bonds. The summed E-state index contributed by atoms with van der Waals surface area (Å²) >= 11 is 0. The SMILES string of the molecule is Fc1ccccc1CCC1CCCCCN1. The molecular weight excluding hydrogens is 201 g/mol. The van der Waals surface area contributed by atoms with Gasteiger partial charge in [-0.05, 0) is 43.9 Å². The zero-order chi connectivity index (χ0) is 11.2. The number of hydrogen-bond donors (Lipinski definition) is 1. The number of aryl methyl sites for hydroxylation is 1. The van der Waals surface area contributed by atoms with Gasteiger partial charge in [-0.1, -0.05) is 31.0 Å². The molecule has 0 saturated carbocycles. The number of rotatable bonds is 3. The maximum Gasteiger partial charge on any atom is 0.126 e. The maximum absolute atomic E-state index is 13.4. The van der Waals surface area contributed by atoms with E-state index in [-0.39, 0.29) is 5.82 Å². The van der Waals surface area contributed by atoms with E-state index in [1.807, 2.05) is 12.1 Å². The van der Waals surface area contributed by atoms with E-state index in [1.54, 1.807) is 12.1 Å². The zero-order valence-electron chi connectivity index (χ0n) is 9.71. The van der Waals surface area contributed by atoms with Crippen LogP contribution in [0.2, 0.25) is 0 Å². The molecule has 1 aliphatic heterocycles. The Labute approximate surface area is 97.1 Å². The number of nitrogens with one attached hydrogen (secondary N) is 1. The van der Waals surface area contributed by atoms with Crippen molar-refractivity contribution in [1.29, 1.82) is 0 Å². The number of benzene rings is 1. The van der Waals surface area contributed by atoms with Gasteiger partial charge in [-0.15, -0.1) is 0 Å². The summed E-state index contributed by atoms with van der Waals surface area (Å²) in [5.74, 6) is -0.0591. The molecule has 0 bridgehead atoms. The van der Waals surface area contributed by atoms with Gasteiger partial charge >= 0.3 is 0 Å². The van der Waals surface area contributed by atoms with E-state index in [9.17, 15) is 4.39 Å². The van der Waals surface area contributed by atoms with E-state index in [0.29, 0.717) is 6.04 Å². The van der Waals surface area contributed by atoms with E-state index in [2.05, 4.69) is 5.32 Å². The minimum absolute atomic E-state index is 0.0591. The molecule has 2 rings (SSSR count). The van der Waals surface area contributed by atoms with E-state index in [4.69, 9.17) is 0 Å². The maximum atomic E-state index is 13.4. The molecule has 1 atom stereocenters. The Bertz CT molecular complexity index is 316. The second-order valence-electron chi connectivity index (χ2n) is 4.63. The van der Waals surface area contributed by atoms with Gasteiger partial charge in [0.1, 0.15) is 5.82 Å². The predicted octanol–water partition coefficient (Wildman–Crippen LogP) is 3.29. The van der Waals surface area contributed by atoms with Crippen LogP contribution in [0.1, 0.15) is 37.7 Å². The van der Waals surface area contributed by atoms with Crippen LogP contribution in [0.5, 0.6) is 0 Å². The summed E-state index contributed by atoms with van der Waals surface area (Å²) in [6.45, 7) is 1.13. The molecule has 0 radical (unpaired) electrons. The van der Waals surface area contributed by atoms with Crippen molar-refractivity contribution in [3.63, 3.8) is 0 Å². The third-order valence-electron chi connectivity index (χ3n) is 3.38. The normalized spacial score (nSPS) is 21.7. The summed E-state index contributed by atoms with van der Waals surface area (Å²) in [5, 5.41) is 3.55. The van der Waals surface area contributed by atoms with Gasteiger partial charge in [-0.3, -0.25) is 0 Å². The summed E-state index contributed by atoms with van der Waals surface area (Å²) in [6.07, 6.45) is 7.09. The predicted molar refractivity (Wildman–Crippen MR) is 65.0 cm³/mol. The molecule has 1 saturated heterocycles. The Balaban J connectivity index is 1.84. The lowest BCUT2D eigenvalue weighted by Crippen LogP contribution is -2.28. The Kier molecular flexibility index (Phi) is 4.34. The Morgan fingerprint density at radius 1 is 1.19 bits per heavy atom. The fourth-order valence-electron chi connectivity index (χ4n) is 2.38. The Morgan fingerprint density at radius 2 is 2.06 bits per heavy atom. The lowest BCUT2D eigenvalue weighted by atomic mass is 10.0.